The van der Waals surface area contributed by atoms with Gasteiger partial charge in [0.25, 0.3) is 11.8 Å². The highest BCUT2D eigenvalue weighted by molar-refractivity contribution is 6.11. The number of amides is 2. The second-order valence-electron chi connectivity index (χ2n) is 9.56. The lowest BCUT2D eigenvalue weighted by atomic mass is 9.92. The van der Waals surface area contributed by atoms with E-state index < -0.39 is 17.8 Å². The van der Waals surface area contributed by atoms with Crippen LogP contribution in [0.4, 0.5) is 11.4 Å². The van der Waals surface area contributed by atoms with Gasteiger partial charge in [0.1, 0.15) is 5.84 Å². The van der Waals surface area contributed by atoms with Gasteiger partial charge in [-0.15, -0.1) is 0 Å². The third-order valence-electron chi connectivity index (χ3n) is 5.32. The van der Waals surface area contributed by atoms with Gasteiger partial charge < -0.3 is 27.2 Å². The first-order valence-electron chi connectivity index (χ1n) is 11.2. The molecule has 0 unspecified atom stereocenters. The zero-order valence-electron chi connectivity index (χ0n) is 20.3. The fourth-order valence-corrected chi connectivity index (χ4v) is 3.46. The van der Waals surface area contributed by atoms with E-state index in [1.807, 2.05) is 20.8 Å². The van der Waals surface area contributed by atoms with Crippen molar-refractivity contribution in [3.05, 3.63) is 82.9 Å². The van der Waals surface area contributed by atoms with Gasteiger partial charge in [-0.1, -0.05) is 26.8 Å². The van der Waals surface area contributed by atoms with Crippen molar-refractivity contribution in [1.29, 1.82) is 5.41 Å². The monoisotopic (exact) mass is 487 g/mol. The van der Waals surface area contributed by atoms with Gasteiger partial charge in [0.15, 0.2) is 0 Å². The van der Waals surface area contributed by atoms with Crippen LogP contribution in [0.15, 0.2) is 60.7 Å². The Balaban J connectivity index is 1.98. The molecule has 0 fully saturated rings. The molecular formula is C27H29N5O4. The Labute approximate surface area is 209 Å². The number of carboxylic acids is 1. The Morgan fingerprint density at radius 2 is 1.50 bits per heavy atom. The molecule has 0 aliphatic carbocycles. The zero-order valence-corrected chi connectivity index (χ0v) is 20.3. The van der Waals surface area contributed by atoms with Gasteiger partial charge in [-0.05, 0) is 71.1 Å². The average molecular weight is 488 g/mol. The Bertz CT molecular complexity index is 1340. The number of nitrogen functional groups attached to an aromatic ring is 2. The topological polar surface area (TPSA) is 171 Å². The van der Waals surface area contributed by atoms with E-state index >= 15 is 0 Å². The van der Waals surface area contributed by atoms with Crippen molar-refractivity contribution in [2.45, 2.75) is 20.8 Å². The Morgan fingerprint density at radius 1 is 0.861 bits per heavy atom. The van der Waals surface area contributed by atoms with Crippen molar-refractivity contribution >= 4 is 35.0 Å². The largest absolute Gasteiger partial charge is 0.478 e. The Morgan fingerprint density at radius 3 is 2.08 bits per heavy atom. The molecule has 0 spiro atoms. The maximum absolute atomic E-state index is 13.1. The van der Waals surface area contributed by atoms with Gasteiger partial charge in [0.05, 0.1) is 5.56 Å². The van der Waals surface area contributed by atoms with Crippen LogP contribution in [0.5, 0.6) is 0 Å². The summed E-state index contributed by atoms with van der Waals surface area (Å²) in [6.45, 7) is 6.35. The van der Waals surface area contributed by atoms with Crippen LogP contribution in [0.1, 0.15) is 57.4 Å². The molecule has 9 nitrogen and oxygen atoms in total. The molecule has 0 atom stereocenters. The van der Waals surface area contributed by atoms with Crippen LogP contribution < -0.4 is 22.1 Å². The predicted octanol–water partition coefficient (Wildman–Crippen LogP) is 3.95. The minimum Gasteiger partial charge on any atom is -0.478 e. The Hall–Kier alpha value is -4.66. The van der Waals surface area contributed by atoms with Crippen molar-refractivity contribution in [3.63, 3.8) is 0 Å². The van der Waals surface area contributed by atoms with Crippen LogP contribution in [0.3, 0.4) is 0 Å². The first-order chi connectivity index (χ1) is 16.9. The summed E-state index contributed by atoms with van der Waals surface area (Å²) >= 11 is 0. The molecule has 3 aromatic rings. The number of carbonyl (C=O) groups excluding carboxylic acids is 2. The third-order valence-corrected chi connectivity index (χ3v) is 5.32. The van der Waals surface area contributed by atoms with Crippen molar-refractivity contribution in [2.75, 3.05) is 17.6 Å². The summed E-state index contributed by atoms with van der Waals surface area (Å²) in [6.07, 6.45) is 0. The SMILES string of the molecule is CC(C)(C)CNC(=O)c1ccc(-c2cc(N)ccc2C(=O)Nc2ccc(C(=N)N)cc2)c(C(=O)O)c1. The number of carboxylic acid groups (broad SMARTS) is 1. The van der Waals surface area contributed by atoms with Crippen LogP contribution in [-0.4, -0.2) is 35.3 Å². The van der Waals surface area contributed by atoms with Gasteiger partial charge in [-0.25, -0.2) is 4.79 Å². The molecule has 8 N–H and O–H groups in total. The number of aromatic carboxylic acids is 1. The fourth-order valence-electron chi connectivity index (χ4n) is 3.46. The molecule has 9 heteroatoms. The zero-order chi connectivity index (χ0) is 26.6. The predicted molar refractivity (Wildman–Crippen MR) is 140 cm³/mol. The molecule has 0 aliphatic rings. The second kappa shape index (κ2) is 10.3. The van der Waals surface area contributed by atoms with Crippen LogP contribution in [0, 0.1) is 10.8 Å². The fraction of sp³-hybridized carbons (Fsp3) is 0.185. The summed E-state index contributed by atoms with van der Waals surface area (Å²) in [5.74, 6) is -2.21. The van der Waals surface area contributed by atoms with Crippen molar-refractivity contribution in [3.8, 4) is 11.1 Å². The molecule has 0 heterocycles. The molecule has 0 saturated carbocycles. The summed E-state index contributed by atoms with van der Waals surface area (Å²) in [4.78, 5) is 37.9. The van der Waals surface area contributed by atoms with E-state index in [4.69, 9.17) is 16.9 Å². The lowest BCUT2D eigenvalue weighted by molar-refractivity contribution is 0.0697. The van der Waals surface area contributed by atoms with Gasteiger partial charge in [0.2, 0.25) is 0 Å². The summed E-state index contributed by atoms with van der Waals surface area (Å²) in [6, 6.07) is 15.3. The number of amidine groups is 1. The summed E-state index contributed by atoms with van der Waals surface area (Å²) in [7, 11) is 0. The highest BCUT2D eigenvalue weighted by atomic mass is 16.4. The van der Waals surface area contributed by atoms with Gasteiger partial charge in [-0.2, -0.15) is 0 Å². The van der Waals surface area contributed by atoms with E-state index in [1.165, 1.54) is 30.3 Å². The standard InChI is InChI=1S/C27H29N5O4/c1-27(2,3)14-31-24(33)16-6-10-19(22(12-16)26(35)36)21-13-17(28)7-11-20(21)25(34)32-18-8-4-15(5-9-18)23(29)30/h4-13H,14,28H2,1-3H3,(H3,29,30)(H,31,33)(H,32,34)(H,35,36). The van der Waals surface area contributed by atoms with Crippen LogP contribution >= 0.6 is 0 Å². The van der Waals surface area contributed by atoms with Crippen molar-refractivity contribution in [2.24, 2.45) is 11.1 Å². The van der Waals surface area contributed by atoms with Crippen LogP contribution in [0.2, 0.25) is 0 Å². The van der Waals surface area contributed by atoms with Crippen molar-refractivity contribution < 1.29 is 19.5 Å². The van der Waals surface area contributed by atoms with Gasteiger partial charge in [0, 0.05) is 34.6 Å². The lowest BCUT2D eigenvalue weighted by Crippen LogP contribution is -2.32. The summed E-state index contributed by atoms with van der Waals surface area (Å²) in [5.41, 5.74) is 13.5. The number of carbonyl (C=O) groups is 3. The van der Waals surface area contributed by atoms with E-state index in [9.17, 15) is 19.5 Å². The normalized spacial score (nSPS) is 11.0. The number of benzene rings is 3. The quantitative estimate of drug-likeness (QED) is 0.167. The molecule has 0 bridgehead atoms. The molecule has 36 heavy (non-hydrogen) atoms. The molecular weight excluding hydrogens is 458 g/mol. The molecule has 0 aliphatic heterocycles. The number of rotatable bonds is 7. The average Bonchev–Trinajstić information content (AvgIpc) is 2.81. The van der Waals surface area contributed by atoms with Gasteiger partial charge >= 0.3 is 5.97 Å². The lowest BCUT2D eigenvalue weighted by Gasteiger charge is -2.19. The maximum Gasteiger partial charge on any atom is 0.336 e. The highest BCUT2D eigenvalue weighted by Crippen LogP contribution is 2.31. The molecule has 3 aromatic carbocycles. The highest BCUT2D eigenvalue weighted by Gasteiger charge is 2.21. The first-order valence-corrected chi connectivity index (χ1v) is 11.2. The Kier molecular flexibility index (Phi) is 7.43. The molecule has 186 valence electrons. The number of anilines is 2. The molecule has 0 saturated heterocycles. The second-order valence-corrected chi connectivity index (χ2v) is 9.56. The molecule has 0 radical (unpaired) electrons. The number of hydrogen-bond acceptors (Lipinski definition) is 5. The minimum absolute atomic E-state index is 0.0922. The summed E-state index contributed by atoms with van der Waals surface area (Å²) < 4.78 is 0. The molecule has 0 aromatic heterocycles. The van der Waals surface area contributed by atoms with E-state index in [1.54, 1.807) is 30.3 Å². The number of nitrogens with two attached hydrogens (primary N) is 2. The van der Waals surface area contributed by atoms with E-state index in [2.05, 4.69) is 10.6 Å². The minimum atomic E-state index is -1.25. The number of nitrogens with one attached hydrogen (secondary N) is 3. The molecule has 3 rings (SSSR count). The molecule has 2 amide bonds. The van der Waals surface area contributed by atoms with E-state index in [0.717, 1.165) is 0 Å². The first kappa shape index (κ1) is 26.0. The van der Waals surface area contributed by atoms with Crippen LogP contribution in [-0.2, 0) is 0 Å². The summed E-state index contributed by atoms with van der Waals surface area (Å²) in [5, 5.41) is 22.9. The van der Waals surface area contributed by atoms with Crippen LogP contribution in [0.25, 0.3) is 11.1 Å². The van der Waals surface area contributed by atoms with Gasteiger partial charge in [-0.3, -0.25) is 15.0 Å². The van der Waals surface area contributed by atoms with E-state index in [-0.39, 0.29) is 33.5 Å². The number of hydrogen-bond donors (Lipinski definition) is 6. The van der Waals surface area contributed by atoms with Crippen molar-refractivity contribution in [1.82, 2.24) is 5.32 Å². The van der Waals surface area contributed by atoms with E-state index in [0.29, 0.717) is 29.0 Å². The maximum atomic E-state index is 13.1. The smallest absolute Gasteiger partial charge is 0.336 e. The third kappa shape index (κ3) is 6.26.